The number of rotatable bonds is 0. The number of carbonyl (C=O) groups is 1. The standard InChI is InChI=1S/C24H33NO4/c1-13-6-7-18-22(2,3)19(27)8-9-23(18,4)24(13)11-15-17(26)10-14-16(20(15)29-24)12-25(5)21(14)28/h10,13,18-19,26-27H,6-9,11-12H2,1-5H3. The van der Waals surface area contributed by atoms with Crippen molar-refractivity contribution in [3.8, 4) is 11.5 Å². The summed E-state index contributed by atoms with van der Waals surface area (Å²) in [4.78, 5) is 14.2. The molecule has 5 unspecified atom stereocenters. The summed E-state index contributed by atoms with van der Waals surface area (Å²) in [5.41, 5.74) is 1.69. The second kappa shape index (κ2) is 5.69. The lowest BCUT2D eigenvalue weighted by molar-refractivity contribution is -0.210. The van der Waals surface area contributed by atoms with Gasteiger partial charge in [-0.25, -0.2) is 0 Å². The number of fused-ring (bicyclic) bond motifs is 5. The fourth-order valence-corrected chi connectivity index (χ4v) is 7.41. The van der Waals surface area contributed by atoms with Crippen LogP contribution in [0.5, 0.6) is 11.5 Å². The van der Waals surface area contributed by atoms with E-state index in [9.17, 15) is 15.0 Å². The number of aliphatic hydroxyl groups is 1. The zero-order chi connectivity index (χ0) is 20.9. The van der Waals surface area contributed by atoms with Gasteiger partial charge >= 0.3 is 0 Å². The van der Waals surface area contributed by atoms with Crippen molar-refractivity contribution in [1.29, 1.82) is 0 Å². The zero-order valence-electron chi connectivity index (χ0n) is 18.2. The third kappa shape index (κ3) is 2.17. The molecule has 2 heterocycles. The highest BCUT2D eigenvalue weighted by Gasteiger charge is 2.67. The number of benzene rings is 1. The molecule has 1 aromatic carbocycles. The van der Waals surface area contributed by atoms with E-state index in [0.717, 1.165) is 42.6 Å². The largest absolute Gasteiger partial charge is 0.508 e. The molecule has 2 fully saturated rings. The van der Waals surface area contributed by atoms with E-state index in [2.05, 4.69) is 27.7 Å². The molecule has 0 aromatic heterocycles. The zero-order valence-corrected chi connectivity index (χ0v) is 18.2. The van der Waals surface area contributed by atoms with Gasteiger partial charge in [0.2, 0.25) is 0 Å². The number of nitrogens with zero attached hydrogens (tertiary/aromatic N) is 1. The first-order chi connectivity index (χ1) is 13.5. The van der Waals surface area contributed by atoms with Crippen LogP contribution in [0, 0.1) is 22.7 Å². The van der Waals surface area contributed by atoms with Gasteiger partial charge in [-0.15, -0.1) is 0 Å². The van der Waals surface area contributed by atoms with E-state index in [-0.39, 0.29) is 28.6 Å². The van der Waals surface area contributed by atoms with Crippen LogP contribution >= 0.6 is 0 Å². The lowest BCUT2D eigenvalue weighted by atomic mass is 9.43. The predicted octanol–water partition coefficient (Wildman–Crippen LogP) is 3.88. The average Bonchev–Trinajstić information content (AvgIpc) is 3.19. The monoisotopic (exact) mass is 399 g/mol. The molecule has 5 rings (SSSR count). The van der Waals surface area contributed by atoms with Crippen LogP contribution < -0.4 is 4.74 Å². The summed E-state index contributed by atoms with van der Waals surface area (Å²) < 4.78 is 6.95. The van der Waals surface area contributed by atoms with Crippen molar-refractivity contribution in [2.45, 2.75) is 78.0 Å². The normalized spacial score (nSPS) is 39.9. The van der Waals surface area contributed by atoms with Crippen molar-refractivity contribution in [3.63, 3.8) is 0 Å². The number of phenols is 1. The maximum absolute atomic E-state index is 12.5. The molecule has 0 bridgehead atoms. The fraction of sp³-hybridized carbons (Fsp3) is 0.708. The topological polar surface area (TPSA) is 70.0 Å². The van der Waals surface area contributed by atoms with E-state index >= 15 is 0 Å². The Balaban J connectivity index is 1.65. The third-order valence-electron chi connectivity index (χ3n) is 9.27. The van der Waals surface area contributed by atoms with Crippen LogP contribution in [0.25, 0.3) is 0 Å². The van der Waals surface area contributed by atoms with Crippen molar-refractivity contribution >= 4 is 5.91 Å². The van der Waals surface area contributed by atoms with Crippen molar-refractivity contribution in [1.82, 2.24) is 4.90 Å². The minimum Gasteiger partial charge on any atom is -0.508 e. The third-order valence-corrected chi connectivity index (χ3v) is 9.27. The van der Waals surface area contributed by atoms with Crippen molar-refractivity contribution < 1.29 is 19.7 Å². The van der Waals surface area contributed by atoms with Gasteiger partial charge in [-0.2, -0.15) is 0 Å². The van der Waals surface area contributed by atoms with Crippen molar-refractivity contribution in [2.24, 2.45) is 22.7 Å². The number of phenolic OH excluding ortho intramolecular Hbond substituents is 1. The maximum atomic E-state index is 12.5. The van der Waals surface area contributed by atoms with Crippen molar-refractivity contribution in [2.75, 3.05) is 7.05 Å². The Morgan fingerprint density at radius 1 is 1.17 bits per heavy atom. The maximum Gasteiger partial charge on any atom is 0.254 e. The van der Waals surface area contributed by atoms with Crippen LogP contribution in [0.2, 0.25) is 0 Å². The number of hydrogen-bond acceptors (Lipinski definition) is 4. The first-order valence-electron chi connectivity index (χ1n) is 11.0. The van der Waals surface area contributed by atoms with Crippen molar-refractivity contribution in [3.05, 3.63) is 22.8 Å². The Morgan fingerprint density at radius 3 is 2.62 bits per heavy atom. The molecule has 2 aliphatic carbocycles. The minimum absolute atomic E-state index is 0.0506. The highest BCUT2D eigenvalue weighted by Crippen LogP contribution is 2.67. The second-order valence-corrected chi connectivity index (χ2v) is 10.9. The molecule has 1 aromatic rings. The van der Waals surface area contributed by atoms with Crippen LogP contribution in [-0.4, -0.2) is 39.8 Å². The first kappa shape index (κ1) is 19.2. The van der Waals surface area contributed by atoms with E-state index < -0.39 is 5.60 Å². The summed E-state index contributed by atoms with van der Waals surface area (Å²) in [6.07, 6.45) is 4.22. The molecule has 5 heteroatoms. The number of amides is 1. The van der Waals surface area contributed by atoms with Gasteiger partial charge in [0, 0.05) is 30.0 Å². The van der Waals surface area contributed by atoms with Gasteiger partial charge in [-0.3, -0.25) is 4.79 Å². The number of aromatic hydroxyl groups is 1. The molecule has 0 saturated heterocycles. The molecule has 5 atom stereocenters. The summed E-state index contributed by atoms with van der Waals surface area (Å²) in [6, 6.07) is 1.64. The smallest absolute Gasteiger partial charge is 0.254 e. The predicted molar refractivity (Wildman–Crippen MR) is 110 cm³/mol. The van der Waals surface area contributed by atoms with Crippen LogP contribution in [0.3, 0.4) is 0 Å². The molecule has 1 spiro atoms. The lowest BCUT2D eigenvalue weighted by Gasteiger charge is -2.64. The Hall–Kier alpha value is -1.75. The molecule has 2 saturated carbocycles. The molecular formula is C24H33NO4. The molecule has 1 amide bonds. The lowest BCUT2D eigenvalue weighted by Crippen LogP contribution is -2.66. The summed E-state index contributed by atoms with van der Waals surface area (Å²) in [5.74, 6) is 1.57. The first-order valence-corrected chi connectivity index (χ1v) is 11.0. The Kier molecular flexibility index (Phi) is 3.77. The number of carbonyl (C=O) groups excluding carboxylic acids is 1. The Labute approximate surface area is 173 Å². The summed E-state index contributed by atoms with van der Waals surface area (Å²) >= 11 is 0. The van der Waals surface area contributed by atoms with E-state index in [1.807, 2.05) is 0 Å². The van der Waals surface area contributed by atoms with Crippen LogP contribution in [0.15, 0.2) is 6.07 Å². The highest BCUT2D eigenvalue weighted by atomic mass is 16.5. The van der Waals surface area contributed by atoms with E-state index in [4.69, 9.17) is 4.74 Å². The quantitative estimate of drug-likeness (QED) is 0.694. The van der Waals surface area contributed by atoms with E-state index in [1.165, 1.54) is 0 Å². The number of ether oxygens (including phenoxy) is 1. The molecule has 2 N–H and O–H groups in total. The molecule has 2 aliphatic heterocycles. The van der Waals surface area contributed by atoms with Gasteiger partial charge < -0.3 is 19.8 Å². The second-order valence-electron chi connectivity index (χ2n) is 10.9. The molecule has 29 heavy (non-hydrogen) atoms. The van der Waals surface area contributed by atoms with Crippen LogP contribution in [0.4, 0.5) is 0 Å². The molecule has 5 nitrogen and oxygen atoms in total. The summed E-state index contributed by atoms with van der Waals surface area (Å²) in [7, 11) is 1.79. The highest BCUT2D eigenvalue weighted by molar-refractivity contribution is 6.00. The number of hydrogen-bond donors (Lipinski definition) is 2. The summed E-state index contributed by atoms with van der Waals surface area (Å²) in [6.45, 7) is 9.57. The molecule has 158 valence electrons. The van der Waals surface area contributed by atoms with E-state index in [0.29, 0.717) is 30.4 Å². The van der Waals surface area contributed by atoms with Gasteiger partial charge in [0.25, 0.3) is 5.91 Å². The van der Waals surface area contributed by atoms with Gasteiger partial charge in [0.1, 0.15) is 17.1 Å². The van der Waals surface area contributed by atoms with Gasteiger partial charge in [-0.05, 0) is 49.0 Å². The minimum atomic E-state index is -0.410. The Bertz CT molecular complexity index is 909. The molecular weight excluding hydrogens is 366 g/mol. The van der Waals surface area contributed by atoms with Gasteiger partial charge in [0.15, 0.2) is 0 Å². The van der Waals surface area contributed by atoms with Crippen LogP contribution in [-0.2, 0) is 13.0 Å². The average molecular weight is 400 g/mol. The SMILES string of the molecule is CC1CCC2C(C)(C)C(O)CCC2(C)C12Cc1c(O)cc3c(c1O2)CN(C)C3=O. The summed E-state index contributed by atoms with van der Waals surface area (Å²) in [5, 5.41) is 21.6. The van der Waals surface area contributed by atoms with Crippen LogP contribution in [0.1, 0.15) is 74.9 Å². The Morgan fingerprint density at radius 2 is 1.90 bits per heavy atom. The fourth-order valence-electron chi connectivity index (χ4n) is 7.41. The molecule has 0 radical (unpaired) electrons. The number of aliphatic hydroxyl groups excluding tert-OH is 1. The van der Waals surface area contributed by atoms with Gasteiger partial charge in [0.05, 0.1) is 18.2 Å². The molecule has 4 aliphatic rings. The van der Waals surface area contributed by atoms with Gasteiger partial charge in [-0.1, -0.05) is 27.7 Å². The van der Waals surface area contributed by atoms with E-state index in [1.54, 1.807) is 18.0 Å².